The first-order valence-corrected chi connectivity index (χ1v) is 9.66. The lowest BCUT2D eigenvalue weighted by Gasteiger charge is -2.10. The summed E-state index contributed by atoms with van der Waals surface area (Å²) in [5, 5.41) is 3.29. The van der Waals surface area contributed by atoms with E-state index in [4.69, 9.17) is 16.3 Å². The Morgan fingerprint density at radius 2 is 2.19 bits per heavy atom. The van der Waals surface area contributed by atoms with Crippen LogP contribution in [0.15, 0.2) is 49.1 Å². The molecule has 6 heteroatoms. The van der Waals surface area contributed by atoms with Crippen LogP contribution in [0, 0.1) is 5.82 Å². The third-order valence-electron chi connectivity index (χ3n) is 3.75. The Kier molecular flexibility index (Phi) is 8.01. The molecule has 0 aromatic heterocycles. The van der Waals surface area contributed by atoms with E-state index in [1.54, 1.807) is 37.5 Å². The zero-order valence-electron chi connectivity index (χ0n) is 14.6. The van der Waals surface area contributed by atoms with E-state index in [2.05, 4.69) is 11.9 Å². The maximum absolute atomic E-state index is 13.7. The molecule has 0 unspecified atom stereocenters. The molecule has 0 bridgehead atoms. The van der Waals surface area contributed by atoms with Gasteiger partial charge in [0.25, 0.3) is 5.91 Å². The van der Waals surface area contributed by atoms with Crippen molar-refractivity contribution in [2.75, 3.05) is 19.4 Å². The average Bonchev–Trinajstić information content (AvgIpc) is 2.63. The van der Waals surface area contributed by atoms with E-state index in [1.807, 2.05) is 6.07 Å². The number of thioether (sulfide) groups is 1. The third-order valence-corrected chi connectivity index (χ3v) is 5.09. The minimum Gasteiger partial charge on any atom is -0.496 e. The number of benzene rings is 2. The number of hydrogen-bond acceptors (Lipinski definition) is 3. The SMILES string of the molecule is C=CCc1cc(C(=O)NCCSCc2c(F)cccc2Cl)ccc1OC. The molecule has 2 aromatic carbocycles. The molecule has 0 fully saturated rings. The predicted octanol–water partition coefficient (Wildman–Crippen LogP) is 4.88. The Labute approximate surface area is 162 Å². The van der Waals surface area contributed by atoms with E-state index in [9.17, 15) is 9.18 Å². The lowest BCUT2D eigenvalue weighted by atomic mass is 10.1. The second-order valence-corrected chi connectivity index (χ2v) is 7.04. The molecule has 0 radical (unpaired) electrons. The van der Waals surface area contributed by atoms with E-state index in [0.717, 1.165) is 11.3 Å². The lowest BCUT2D eigenvalue weighted by molar-refractivity contribution is 0.0956. The van der Waals surface area contributed by atoms with Crippen LogP contribution in [0.5, 0.6) is 5.75 Å². The molecule has 138 valence electrons. The number of amides is 1. The van der Waals surface area contributed by atoms with Crippen molar-refractivity contribution in [1.82, 2.24) is 5.32 Å². The topological polar surface area (TPSA) is 38.3 Å². The lowest BCUT2D eigenvalue weighted by Crippen LogP contribution is -2.25. The summed E-state index contributed by atoms with van der Waals surface area (Å²) in [7, 11) is 1.60. The summed E-state index contributed by atoms with van der Waals surface area (Å²) in [6.45, 7) is 4.20. The van der Waals surface area contributed by atoms with E-state index >= 15 is 0 Å². The molecule has 3 nitrogen and oxygen atoms in total. The molecule has 0 atom stereocenters. The third kappa shape index (κ3) is 5.51. The second-order valence-electron chi connectivity index (χ2n) is 5.53. The molecule has 0 heterocycles. The predicted molar refractivity (Wildman–Crippen MR) is 107 cm³/mol. The quantitative estimate of drug-likeness (QED) is 0.487. The second kappa shape index (κ2) is 10.2. The number of nitrogens with one attached hydrogen (secondary N) is 1. The number of carbonyl (C=O) groups is 1. The highest BCUT2D eigenvalue weighted by atomic mass is 35.5. The van der Waals surface area contributed by atoms with E-state index in [0.29, 0.717) is 40.6 Å². The Morgan fingerprint density at radius 1 is 1.38 bits per heavy atom. The molecule has 0 saturated heterocycles. The van der Waals surface area contributed by atoms with Crippen molar-refractivity contribution in [2.45, 2.75) is 12.2 Å². The summed E-state index contributed by atoms with van der Waals surface area (Å²) in [5.41, 5.74) is 1.98. The largest absolute Gasteiger partial charge is 0.496 e. The molecule has 0 aliphatic carbocycles. The van der Waals surface area contributed by atoms with Crippen molar-refractivity contribution in [3.05, 3.63) is 76.6 Å². The summed E-state index contributed by atoms with van der Waals surface area (Å²) >= 11 is 7.51. The van der Waals surface area contributed by atoms with Gasteiger partial charge in [0.05, 0.1) is 7.11 Å². The van der Waals surface area contributed by atoms with Crippen LogP contribution in [0.25, 0.3) is 0 Å². The van der Waals surface area contributed by atoms with Crippen molar-refractivity contribution in [3.8, 4) is 5.75 Å². The monoisotopic (exact) mass is 393 g/mol. The molecule has 0 aliphatic rings. The number of rotatable bonds is 9. The molecule has 2 aromatic rings. The molecule has 0 saturated carbocycles. The number of halogens is 2. The van der Waals surface area contributed by atoms with Gasteiger partial charge in [0, 0.05) is 34.2 Å². The number of carbonyl (C=O) groups excluding carboxylic acids is 1. The minimum absolute atomic E-state index is 0.150. The summed E-state index contributed by atoms with van der Waals surface area (Å²) in [4.78, 5) is 12.3. The standard InChI is InChI=1S/C20H21ClFNO2S/c1-3-5-14-12-15(8-9-19(14)25-2)20(24)23-10-11-26-13-16-17(21)6-4-7-18(16)22/h3-4,6-9,12H,1,5,10-11,13H2,2H3,(H,23,24). The van der Waals surface area contributed by atoms with Crippen molar-refractivity contribution >= 4 is 29.3 Å². The molecule has 2 rings (SSSR count). The van der Waals surface area contributed by atoms with Crippen LogP contribution >= 0.6 is 23.4 Å². The van der Waals surface area contributed by atoms with Crippen molar-refractivity contribution in [2.24, 2.45) is 0 Å². The summed E-state index contributed by atoms with van der Waals surface area (Å²) in [6.07, 6.45) is 2.40. The van der Waals surface area contributed by atoms with Crippen molar-refractivity contribution in [1.29, 1.82) is 0 Å². The van der Waals surface area contributed by atoms with Gasteiger partial charge in [0.15, 0.2) is 0 Å². The van der Waals surface area contributed by atoms with Gasteiger partial charge in [-0.25, -0.2) is 4.39 Å². The maximum Gasteiger partial charge on any atom is 0.251 e. The van der Waals surface area contributed by atoms with Gasteiger partial charge in [-0.15, -0.1) is 6.58 Å². The molecule has 26 heavy (non-hydrogen) atoms. The normalized spacial score (nSPS) is 10.4. The summed E-state index contributed by atoms with van der Waals surface area (Å²) < 4.78 is 19.0. The zero-order chi connectivity index (χ0) is 18.9. The van der Waals surface area contributed by atoms with E-state index < -0.39 is 0 Å². The first-order valence-electron chi connectivity index (χ1n) is 8.13. The molecule has 1 N–H and O–H groups in total. The summed E-state index contributed by atoms with van der Waals surface area (Å²) in [6, 6.07) is 9.97. The van der Waals surface area contributed by atoms with Gasteiger partial charge in [-0.2, -0.15) is 11.8 Å². The van der Waals surface area contributed by atoms with Gasteiger partial charge in [0.1, 0.15) is 11.6 Å². The van der Waals surface area contributed by atoms with Gasteiger partial charge in [-0.1, -0.05) is 23.7 Å². The Bertz CT molecular complexity index is 762. The van der Waals surface area contributed by atoms with Crippen LogP contribution in [0.4, 0.5) is 4.39 Å². The number of ether oxygens (including phenoxy) is 1. The van der Waals surface area contributed by atoms with E-state index in [-0.39, 0.29) is 11.7 Å². The average molecular weight is 394 g/mol. The highest BCUT2D eigenvalue weighted by molar-refractivity contribution is 7.98. The fraction of sp³-hybridized carbons (Fsp3) is 0.250. The fourth-order valence-electron chi connectivity index (χ4n) is 2.42. The van der Waals surface area contributed by atoms with Crippen LogP contribution in [0.1, 0.15) is 21.5 Å². The number of hydrogen-bond donors (Lipinski definition) is 1. The Balaban J connectivity index is 1.83. The molecular weight excluding hydrogens is 373 g/mol. The molecular formula is C20H21ClFNO2S. The van der Waals surface area contributed by atoms with Gasteiger partial charge < -0.3 is 10.1 Å². The number of methoxy groups -OCH3 is 1. The van der Waals surface area contributed by atoms with Crippen molar-refractivity contribution in [3.63, 3.8) is 0 Å². The van der Waals surface area contributed by atoms with Gasteiger partial charge in [0.2, 0.25) is 0 Å². The van der Waals surface area contributed by atoms with Crippen LogP contribution in [0.2, 0.25) is 5.02 Å². The number of allylic oxidation sites excluding steroid dienone is 1. The van der Waals surface area contributed by atoms with Crippen molar-refractivity contribution < 1.29 is 13.9 Å². The fourth-order valence-corrected chi connectivity index (χ4v) is 3.62. The van der Waals surface area contributed by atoms with Crippen LogP contribution < -0.4 is 10.1 Å². The van der Waals surface area contributed by atoms with Crippen LogP contribution in [-0.2, 0) is 12.2 Å². The van der Waals surface area contributed by atoms with Gasteiger partial charge in [-0.3, -0.25) is 4.79 Å². The van der Waals surface area contributed by atoms with Crippen LogP contribution in [-0.4, -0.2) is 25.3 Å². The summed E-state index contributed by atoms with van der Waals surface area (Å²) in [5.74, 6) is 1.41. The van der Waals surface area contributed by atoms with Gasteiger partial charge >= 0.3 is 0 Å². The Morgan fingerprint density at radius 3 is 2.88 bits per heavy atom. The maximum atomic E-state index is 13.7. The first kappa shape index (κ1) is 20.3. The Hall–Kier alpha value is -1.98. The highest BCUT2D eigenvalue weighted by Gasteiger charge is 2.10. The first-order chi connectivity index (χ1) is 12.6. The molecule has 1 amide bonds. The smallest absolute Gasteiger partial charge is 0.251 e. The zero-order valence-corrected chi connectivity index (χ0v) is 16.1. The molecule has 0 aliphatic heterocycles. The van der Waals surface area contributed by atoms with Gasteiger partial charge in [-0.05, 0) is 42.3 Å². The van der Waals surface area contributed by atoms with E-state index in [1.165, 1.54) is 17.8 Å². The van der Waals surface area contributed by atoms with Crippen LogP contribution in [0.3, 0.4) is 0 Å². The molecule has 0 spiro atoms. The minimum atomic E-state index is -0.304. The highest BCUT2D eigenvalue weighted by Crippen LogP contribution is 2.24.